The summed E-state index contributed by atoms with van der Waals surface area (Å²) in [7, 11) is 2.58. The van der Waals surface area contributed by atoms with E-state index in [0.717, 1.165) is 0 Å². The summed E-state index contributed by atoms with van der Waals surface area (Å²) in [6.45, 7) is -3.05. The Morgan fingerprint density at radius 2 is 1.77 bits per heavy atom. The van der Waals surface area contributed by atoms with Gasteiger partial charge in [-0.3, -0.25) is 4.79 Å². The average Bonchev–Trinajstić information content (AvgIpc) is 2.90. The Labute approximate surface area is 147 Å². The van der Waals surface area contributed by atoms with E-state index < -0.39 is 6.61 Å². The summed E-state index contributed by atoms with van der Waals surface area (Å²) in [5, 5.41) is 9.48. The van der Waals surface area contributed by atoms with Crippen LogP contribution >= 0.6 is 0 Å². The van der Waals surface area contributed by atoms with Crippen molar-refractivity contribution < 1.29 is 37.6 Å². The van der Waals surface area contributed by atoms with Gasteiger partial charge in [0, 0.05) is 6.07 Å². The monoisotopic (exact) mass is 364 g/mol. The van der Waals surface area contributed by atoms with Crippen molar-refractivity contribution in [1.29, 1.82) is 0 Å². The molecule has 1 N–H and O–H groups in total. The molecule has 6 nitrogen and oxygen atoms in total. The Kier molecular flexibility index (Phi) is 4.66. The third-order valence-corrected chi connectivity index (χ3v) is 3.64. The number of rotatable bonds is 5. The van der Waals surface area contributed by atoms with Gasteiger partial charge in [-0.1, -0.05) is 0 Å². The van der Waals surface area contributed by atoms with Crippen molar-refractivity contribution in [3.05, 3.63) is 47.2 Å². The number of allylic oxidation sites excluding steroid dienone is 1. The lowest BCUT2D eigenvalue weighted by molar-refractivity contribution is -0.0526. The molecule has 1 aliphatic heterocycles. The standard InChI is InChI=1S/C18H14F2O6/c1-23-14-6-9(7-15(24-2)17(14)26-18(19)20)5-13-16(22)11-4-3-10(21)8-12(11)25-13/h3-8,18,21H,1-2H3/b13-5-. The van der Waals surface area contributed by atoms with E-state index in [9.17, 15) is 18.7 Å². The van der Waals surface area contributed by atoms with Crippen molar-refractivity contribution in [2.75, 3.05) is 14.2 Å². The molecule has 0 unspecified atom stereocenters. The molecule has 0 radical (unpaired) electrons. The molecule has 8 heteroatoms. The van der Waals surface area contributed by atoms with E-state index in [1.807, 2.05) is 0 Å². The van der Waals surface area contributed by atoms with E-state index in [4.69, 9.17) is 14.2 Å². The Hall–Kier alpha value is -3.29. The molecule has 1 aliphatic rings. The van der Waals surface area contributed by atoms with Crippen molar-refractivity contribution in [2.45, 2.75) is 6.61 Å². The molecule has 0 aliphatic carbocycles. The van der Waals surface area contributed by atoms with E-state index in [1.54, 1.807) is 0 Å². The Morgan fingerprint density at radius 1 is 1.12 bits per heavy atom. The summed E-state index contributed by atoms with van der Waals surface area (Å²) in [6.07, 6.45) is 1.41. The van der Waals surface area contributed by atoms with Gasteiger partial charge < -0.3 is 24.1 Å². The third kappa shape index (κ3) is 3.26. The first-order chi connectivity index (χ1) is 12.4. The molecule has 0 aromatic heterocycles. The summed E-state index contributed by atoms with van der Waals surface area (Å²) in [5.74, 6) is -0.385. The van der Waals surface area contributed by atoms with Gasteiger partial charge in [0.05, 0.1) is 19.8 Å². The number of hydrogen-bond donors (Lipinski definition) is 1. The fourth-order valence-electron chi connectivity index (χ4n) is 2.52. The minimum atomic E-state index is -3.05. The molecule has 0 fully saturated rings. The molecule has 2 aromatic carbocycles. The van der Waals surface area contributed by atoms with Crippen LogP contribution in [0.5, 0.6) is 28.7 Å². The topological polar surface area (TPSA) is 74.2 Å². The third-order valence-electron chi connectivity index (χ3n) is 3.64. The van der Waals surface area contributed by atoms with Gasteiger partial charge in [-0.15, -0.1) is 0 Å². The second kappa shape index (κ2) is 6.91. The van der Waals surface area contributed by atoms with E-state index in [0.29, 0.717) is 11.1 Å². The smallest absolute Gasteiger partial charge is 0.387 e. The quantitative estimate of drug-likeness (QED) is 0.817. The number of ketones is 1. The maximum absolute atomic E-state index is 12.6. The van der Waals surface area contributed by atoms with E-state index in [-0.39, 0.29) is 40.3 Å². The number of methoxy groups -OCH3 is 2. The van der Waals surface area contributed by atoms with Crippen LogP contribution in [0.4, 0.5) is 8.78 Å². The van der Waals surface area contributed by atoms with Crippen molar-refractivity contribution >= 4 is 11.9 Å². The number of alkyl halides is 2. The first-order valence-electron chi connectivity index (χ1n) is 7.41. The number of carbonyl (C=O) groups excluding carboxylic acids is 1. The predicted molar refractivity (Wildman–Crippen MR) is 87.2 cm³/mol. The molecule has 0 spiro atoms. The molecule has 0 amide bonds. The van der Waals surface area contributed by atoms with Crippen molar-refractivity contribution in [3.63, 3.8) is 0 Å². The highest BCUT2D eigenvalue weighted by atomic mass is 19.3. The fourth-order valence-corrected chi connectivity index (χ4v) is 2.52. The lowest BCUT2D eigenvalue weighted by atomic mass is 10.1. The Morgan fingerprint density at radius 3 is 2.35 bits per heavy atom. The van der Waals surface area contributed by atoms with Gasteiger partial charge in [-0.2, -0.15) is 8.78 Å². The van der Waals surface area contributed by atoms with Crippen LogP contribution in [-0.4, -0.2) is 31.7 Å². The van der Waals surface area contributed by atoms with Crippen molar-refractivity contribution in [2.24, 2.45) is 0 Å². The maximum atomic E-state index is 12.6. The number of carbonyl (C=O) groups is 1. The van der Waals surface area contributed by atoms with Crippen molar-refractivity contribution in [1.82, 2.24) is 0 Å². The van der Waals surface area contributed by atoms with E-state index in [2.05, 4.69) is 4.74 Å². The molecular weight excluding hydrogens is 350 g/mol. The molecule has 0 saturated carbocycles. The molecule has 1 heterocycles. The number of hydrogen-bond acceptors (Lipinski definition) is 6. The van der Waals surface area contributed by atoms with Crippen LogP contribution < -0.4 is 18.9 Å². The summed E-state index contributed by atoms with van der Waals surface area (Å²) < 4.78 is 45.2. The largest absolute Gasteiger partial charge is 0.508 e. The summed E-state index contributed by atoms with van der Waals surface area (Å²) in [4.78, 5) is 12.4. The number of phenols is 1. The van der Waals surface area contributed by atoms with Gasteiger partial charge in [-0.25, -0.2) is 0 Å². The van der Waals surface area contributed by atoms with Gasteiger partial charge in [0.15, 0.2) is 17.3 Å². The SMILES string of the molecule is COc1cc(/C=C2\Oc3cc(O)ccc3C2=O)cc(OC)c1OC(F)F. The van der Waals surface area contributed by atoms with Gasteiger partial charge >= 0.3 is 6.61 Å². The lowest BCUT2D eigenvalue weighted by Crippen LogP contribution is -2.05. The number of ether oxygens (including phenoxy) is 4. The average molecular weight is 364 g/mol. The summed E-state index contributed by atoms with van der Waals surface area (Å²) >= 11 is 0. The van der Waals surface area contributed by atoms with Gasteiger partial charge in [-0.05, 0) is 35.9 Å². The van der Waals surface area contributed by atoms with Crippen LogP contribution in [0.2, 0.25) is 0 Å². The molecule has 26 heavy (non-hydrogen) atoms. The summed E-state index contributed by atoms with van der Waals surface area (Å²) in [6, 6.07) is 6.98. The van der Waals surface area contributed by atoms with Crippen LogP contribution in [0.15, 0.2) is 36.1 Å². The highest BCUT2D eigenvalue weighted by Crippen LogP contribution is 2.41. The van der Waals surface area contributed by atoms with Gasteiger partial charge in [0.25, 0.3) is 0 Å². The minimum Gasteiger partial charge on any atom is -0.508 e. The second-order valence-electron chi connectivity index (χ2n) is 5.25. The minimum absolute atomic E-state index is 0.0112. The van der Waals surface area contributed by atoms with Crippen LogP contribution in [0.3, 0.4) is 0 Å². The number of fused-ring (bicyclic) bond motifs is 1. The van der Waals surface area contributed by atoms with Crippen molar-refractivity contribution in [3.8, 4) is 28.7 Å². The number of Topliss-reactive ketones (excluding diaryl/α,β-unsaturated/α-hetero) is 1. The van der Waals surface area contributed by atoms with Crippen LogP contribution in [-0.2, 0) is 0 Å². The first-order valence-corrected chi connectivity index (χ1v) is 7.41. The maximum Gasteiger partial charge on any atom is 0.387 e. The zero-order valence-corrected chi connectivity index (χ0v) is 13.8. The zero-order valence-electron chi connectivity index (χ0n) is 13.8. The normalized spacial score (nSPS) is 14.3. The van der Waals surface area contributed by atoms with Crippen LogP contribution in [0.25, 0.3) is 6.08 Å². The zero-order chi connectivity index (χ0) is 18.8. The highest BCUT2D eigenvalue weighted by molar-refractivity contribution is 6.14. The molecular formula is C18H14F2O6. The van der Waals surface area contributed by atoms with Crippen LogP contribution in [0.1, 0.15) is 15.9 Å². The molecule has 3 rings (SSSR count). The lowest BCUT2D eigenvalue weighted by Gasteiger charge is -2.14. The first kappa shape index (κ1) is 17.5. The number of aromatic hydroxyl groups is 1. The highest BCUT2D eigenvalue weighted by Gasteiger charge is 2.28. The molecule has 2 aromatic rings. The van der Waals surface area contributed by atoms with Gasteiger partial charge in [0.2, 0.25) is 11.5 Å². The van der Waals surface area contributed by atoms with Crippen LogP contribution in [0, 0.1) is 0 Å². The Balaban J connectivity index is 2.00. The van der Waals surface area contributed by atoms with Gasteiger partial charge in [0.1, 0.15) is 11.5 Å². The number of halogens is 2. The molecule has 0 saturated heterocycles. The molecule has 0 atom stereocenters. The number of benzene rings is 2. The molecule has 136 valence electrons. The molecule has 0 bridgehead atoms. The predicted octanol–water partition coefficient (Wildman–Crippen LogP) is 3.63. The fraction of sp³-hybridized carbons (Fsp3) is 0.167. The van der Waals surface area contributed by atoms with E-state index in [1.165, 1.54) is 50.6 Å². The Bertz CT molecular complexity index is 866. The van der Waals surface area contributed by atoms with E-state index >= 15 is 0 Å². The summed E-state index contributed by atoms with van der Waals surface area (Å²) in [5.41, 5.74) is 0.728. The second-order valence-corrected chi connectivity index (χ2v) is 5.25. The number of phenolic OH excluding ortho intramolecular Hbond substituents is 1.